The van der Waals surface area contributed by atoms with Gasteiger partial charge in [-0.1, -0.05) is 17.7 Å². The van der Waals surface area contributed by atoms with Crippen molar-refractivity contribution in [2.24, 2.45) is 0 Å². The molecule has 2 heterocycles. The van der Waals surface area contributed by atoms with Crippen LogP contribution in [0.15, 0.2) is 42.5 Å². The number of nitrogens with one attached hydrogen (secondary N) is 1. The summed E-state index contributed by atoms with van der Waals surface area (Å²) in [6.07, 6.45) is 2.69. The molecule has 0 aromatic heterocycles. The van der Waals surface area contributed by atoms with Crippen molar-refractivity contribution in [3.63, 3.8) is 0 Å². The second-order valence-corrected chi connectivity index (χ2v) is 13.0. The van der Waals surface area contributed by atoms with Gasteiger partial charge in [0.1, 0.15) is 36.4 Å². The average Bonchev–Trinajstić information content (AvgIpc) is 3.11. The fourth-order valence-electron chi connectivity index (χ4n) is 6.40. The maximum atomic E-state index is 12.7. The Morgan fingerprint density at radius 1 is 0.980 bits per heavy atom. The molecule has 1 saturated carbocycles. The summed E-state index contributed by atoms with van der Waals surface area (Å²) in [5, 5.41) is 20.9. The van der Waals surface area contributed by atoms with Crippen molar-refractivity contribution in [3.05, 3.63) is 53.1 Å². The molecule has 3 N–H and O–H groups in total. The number of hydrogen-bond donors (Lipinski definition) is 3. The van der Waals surface area contributed by atoms with Crippen molar-refractivity contribution in [1.82, 2.24) is 10.7 Å². The van der Waals surface area contributed by atoms with Crippen LogP contribution >= 0.6 is 11.6 Å². The van der Waals surface area contributed by atoms with Gasteiger partial charge < -0.3 is 43.4 Å². The van der Waals surface area contributed by atoms with E-state index in [4.69, 9.17) is 55.2 Å². The lowest BCUT2D eigenvalue weighted by Crippen LogP contribution is -2.58. The first kappa shape index (κ1) is 38.3. The van der Waals surface area contributed by atoms with Crippen molar-refractivity contribution >= 4 is 23.4 Å². The van der Waals surface area contributed by atoms with E-state index in [1.807, 2.05) is 36.4 Å². The van der Waals surface area contributed by atoms with Gasteiger partial charge >= 0.3 is 6.16 Å². The molecule has 1 aliphatic carbocycles. The van der Waals surface area contributed by atoms with Crippen molar-refractivity contribution in [2.45, 2.75) is 82.1 Å². The van der Waals surface area contributed by atoms with Gasteiger partial charge in [0.25, 0.3) is 0 Å². The summed E-state index contributed by atoms with van der Waals surface area (Å²) in [6.45, 7) is 4.42. The van der Waals surface area contributed by atoms with Gasteiger partial charge in [-0.15, -0.1) is 0 Å². The van der Waals surface area contributed by atoms with Crippen LogP contribution in [0.25, 0.3) is 0 Å². The molecule has 5 rings (SSSR count). The molecule has 15 heteroatoms. The van der Waals surface area contributed by atoms with E-state index < -0.39 is 24.5 Å². The van der Waals surface area contributed by atoms with Gasteiger partial charge in [-0.2, -0.15) is 0 Å². The van der Waals surface area contributed by atoms with E-state index in [9.17, 15) is 4.79 Å². The number of carbonyl (C=O) groups is 1. The van der Waals surface area contributed by atoms with Crippen LogP contribution in [-0.4, -0.2) is 112 Å². The molecule has 0 spiro atoms. The highest BCUT2D eigenvalue weighted by atomic mass is 35.5. The highest BCUT2D eigenvalue weighted by molar-refractivity contribution is 6.30. The van der Waals surface area contributed by atoms with Gasteiger partial charge in [-0.3, -0.25) is 15.3 Å². The smallest absolute Gasteiger partial charge is 0.490 e. The van der Waals surface area contributed by atoms with Crippen LogP contribution in [0.5, 0.6) is 11.5 Å². The molecule has 50 heavy (non-hydrogen) atoms. The summed E-state index contributed by atoms with van der Waals surface area (Å²) >= 11 is 6.03. The molecule has 1 saturated heterocycles. The van der Waals surface area contributed by atoms with Gasteiger partial charge in [-0.05, 0) is 86.9 Å². The fraction of sp³-hybridized carbons (Fsp3) is 0.629. The number of carbonyl (C=O) groups excluding carboxylic acids is 1. The monoisotopic (exact) mass is 723 g/mol. The fourth-order valence-corrected chi connectivity index (χ4v) is 6.52. The van der Waals surface area contributed by atoms with Gasteiger partial charge in [0.05, 0.1) is 49.7 Å². The number of piperidine rings is 1. The molecular formula is C35H50ClN3O11. The number of anilines is 1. The largest absolute Gasteiger partial charge is 0.508 e. The molecule has 0 radical (unpaired) electrons. The average molecular weight is 724 g/mol. The van der Waals surface area contributed by atoms with E-state index >= 15 is 0 Å². The molecule has 2 aliphatic heterocycles. The van der Waals surface area contributed by atoms with Crippen LogP contribution in [-0.2, 0) is 35.1 Å². The number of halogens is 1. The number of methoxy groups -OCH3 is 1. The molecule has 3 atom stereocenters. The first-order valence-corrected chi connectivity index (χ1v) is 17.8. The zero-order valence-corrected chi connectivity index (χ0v) is 29.3. The van der Waals surface area contributed by atoms with E-state index in [-0.39, 0.29) is 30.8 Å². The van der Waals surface area contributed by atoms with E-state index in [2.05, 4.69) is 21.1 Å². The minimum absolute atomic E-state index is 0.0585. The molecule has 278 valence electrons. The topological polar surface area (TPSA) is 150 Å². The maximum Gasteiger partial charge on any atom is 0.508 e. The third kappa shape index (κ3) is 12.1. The molecule has 0 amide bonds. The first-order chi connectivity index (χ1) is 24.4. The predicted octanol–water partition coefficient (Wildman–Crippen LogP) is 5.15. The summed E-state index contributed by atoms with van der Waals surface area (Å²) in [6, 6.07) is 13.5. The second-order valence-electron chi connectivity index (χ2n) is 12.6. The Morgan fingerprint density at radius 2 is 1.74 bits per heavy atom. The maximum absolute atomic E-state index is 12.7. The lowest BCUT2D eigenvalue weighted by Gasteiger charge is -2.40. The van der Waals surface area contributed by atoms with Crippen LogP contribution in [0.1, 0.15) is 50.5 Å². The van der Waals surface area contributed by atoms with E-state index in [1.165, 1.54) is 0 Å². The number of hydrogen-bond acceptors (Lipinski definition) is 14. The Bertz CT molecular complexity index is 1300. The normalized spacial score (nSPS) is 23.6. The second kappa shape index (κ2) is 20.2. The number of ether oxygens (including phenoxy) is 7. The quantitative estimate of drug-likeness (QED) is 0.106. The molecule has 0 bridgehead atoms. The van der Waals surface area contributed by atoms with Crippen molar-refractivity contribution in [2.75, 3.05) is 64.6 Å². The number of unbranched alkanes of at least 4 members (excludes halogenated alkanes) is 1. The summed E-state index contributed by atoms with van der Waals surface area (Å²) in [5.41, 5.74) is 2.04. The highest BCUT2D eigenvalue weighted by Crippen LogP contribution is 2.34. The third-order valence-corrected chi connectivity index (χ3v) is 9.20. The summed E-state index contributed by atoms with van der Waals surface area (Å²) in [4.78, 5) is 19.6. The predicted molar refractivity (Wildman–Crippen MR) is 182 cm³/mol. The zero-order valence-electron chi connectivity index (χ0n) is 28.6. The number of benzene rings is 2. The minimum Gasteiger partial charge on any atom is -0.490 e. The van der Waals surface area contributed by atoms with Crippen molar-refractivity contribution in [3.8, 4) is 11.5 Å². The van der Waals surface area contributed by atoms with Gasteiger partial charge in [0.2, 0.25) is 0 Å². The minimum atomic E-state index is -0.804. The van der Waals surface area contributed by atoms with Gasteiger partial charge in [0.15, 0.2) is 0 Å². The van der Waals surface area contributed by atoms with E-state index in [1.54, 1.807) is 7.11 Å². The van der Waals surface area contributed by atoms with Crippen LogP contribution in [0.4, 0.5) is 10.5 Å². The molecule has 2 fully saturated rings. The number of nitrogens with zero attached hydrogens (tertiary/aromatic N) is 2. The standard InChI is InChI=1S/C35H50ClN3O11/c1-43-17-4-15-38-16-20-44-31-14-5-25(21-30(31)38)24-46-32-22-37-23-33(50-35(40)45-18-2-3-19-47-39(41)42)34(32)49-29-12-10-28(11-13-29)48-27-8-6-26(36)7-9-27/h5-9,14,21,28-29,32-34,37,41-42H,2-4,10-13,15-20,22-24H2,1H3. The number of rotatable bonds is 18. The summed E-state index contributed by atoms with van der Waals surface area (Å²) in [7, 11) is 1.71. The van der Waals surface area contributed by atoms with Crippen LogP contribution < -0.4 is 19.7 Å². The third-order valence-electron chi connectivity index (χ3n) is 8.95. The first-order valence-electron chi connectivity index (χ1n) is 17.4. The lowest BCUT2D eigenvalue weighted by molar-refractivity contribution is -0.492. The van der Waals surface area contributed by atoms with Crippen LogP contribution in [0.3, 0.4) is 0 Å². The van der Waals surface area contributed by atoms with Gasteiger partial charge in [0, 0.05) is 38.4 Å². The Balaban J connectivity index is 1.19. The number of fused-ring (bicyclic) bond motifs is 1. The zero-order chi connectivity index (χ0) is 35.1. The Kier molecular flexibility index (Phi) is 15.5. The van der Waals surface area contributed by atoms with Crippen LogP contribution in [0, 0.1) is 0 Å². The lowest BCUT2D eigenvalue weighted by atomic mass is 9.94. The SMILES string of the molecule is COCCCN1CCOc2ccc(COC3CNCC(OC(=O)OCCCCON(O)O)C3OC3CCC(Oc4ccc(Cl)cc4)CC3)cc21. The van der Waals surface area contributed by atoms with Crippen molar-refractivity contribution in [1.29, 1.82) is 0 Å². The molecule has 2 aromatic rings. The summed E-state index contributed by atoms with van der Waals surface area (Å²) in [5.74, 6) is 1.65. The molecule has 2 aromatic carbocycles. The Labute approximate surface area is 298 Å². The Morgan fingerprint density at radius 3 is 2.52 bits per heavy atom. The molecule has 3 aliphatic rings. The Hall–Kier alpha value is -2.92. The summed E-state index contributed by atoms with van der Waals surface area (Å²) < 4.78 is 41.7. The molecular weight excluding hydrogens is 674 g/mol. The molecule has 14 nitrogen and oxygen atoms in total. The van der Waals surface area contributed by atoms with E-state index in [0.29, 0.717) is 50.8 Å². The van der Waals surface area contributed by atoms with Crippen molar-refractivity contribution < 1.29 is 53.2 Å². The van der Waals surface area contributed by atoms with Crippen LogP contribution in [0.2, 0.25) is 5.02 Å². The highest BCUT2D eigenvalue weighted by Gasteiger charge is 2.40. The van der Waals surface area contributed by atoms with E-state index in [0.717, 1.165) is 67.9 Å². The van der Waals surface area contributed by atoms with Gasteiger partial charge in [-0.25, -0.2) is 4.79 Å². The molecule has 3 unspecified atom stereocenters.